The number of methoxy groups -OCH3 is 2. The van der Waals surface area contributed by atoms with E-state index in [1.54, 1.807) is 14.2 Å². The molecule has 154 valence electrons. The van der Waals surface area contributed by atoms with Crippen molar-refractivity contribution < 1.29 is 19.2 Å². The highest BCUT2D eigenvalue weighted by atomic mass is 16.5. The summed E-state index contributed by atoms with van der Waals surface area (Å²) in [7, 11) is 3.32. The van der Waals surface area contributed by atoms with E-state index in [1.165, 1.54) is 21.6 Å². The minimum atomic E-state index is 0.129. The minimum Gasteiger partial charge on any atom is -0.493 e. The smallest absolute Gasteiger partial charge is 0.231 e. The van der Waals surface area contributed by atoms with Gasteiger partial charge in [0.2, 0.25) is 5.91 Å². The quantitative estimate of drug-likeness (QED) is 0.843. The summed E-state index contributed by atoms with van der Waals surface area (Å²) in [6.45, 7) is 4.53. The van der Waals surface area contributed by atoms with Crippen LogP contribution in [0.3, 0.4) is 0 Å². The predicted molar refractivity (Wildman–Crippen MR) is 112 cm³/mol. The van der Waals surface area contributed by atoms with E-state index in [1.807, 2.05) is 6.07 Å². The van der Waals surface area contributed by atoms with Gasteiger partial charge in [-0.25, -0.2) is 0 Å². The summed E-state index contributed by atoms with van der Waals surface area (Å²) < 4.78 is 10.8. The van der Waals surface area contributed by atoms with Gasteiger partial charge in [0, 0.05) is 18.7 Å². The zero-order chi connectivity index (χ0) is 20.2. The standard InChI is InChI=1S/C24H30N2O3/c1-28-22-10-9-18(14-23(22)29-2)15-25-12-5-8-21(16-25)24(27)26-13-11-19-6-3-4-7-20(19)17-26/h3-4,6-7,9-10,14,21H,5,8,11-13,15-17H2,1-2H3/p+1/t21-/m1/s1. The summed E-state index contributed by atoms with van der Waals surface area (Å²) in [6, 6.07) is 14.6. The van der Waals surface area contributed by atoms with Crippen LogP contribution >= 0.6 is 0 Å². The van der Waals surface area contributed by atoms with E-state index in [9.17, 15) is 4.79 Å². The van der Waals surface area contributed by atoms with E-state index in [0.717, 1.165) is 63.5 Å². The number of amides is 1. The molecular formula is C24H31N2O3+. The molecule has 2 heterocycles. The Morgan fingerprint density at radius 2 is 1.90 bits per heavy atom. The molecule has 2 atom stereocenters. The maximum absolute atomic E-state index is 13.2. The SMILES string of the molecule is COc1ccc(C[NH+]2CCC[C@@H](C(=O)N3CCc4ccccc4C3)C2)cc1OC. The van der Waals surface area contributed by atoms with Gasteiger partial charge in [0.1, 0.15) is 6.54 Å². The minimum absolute atomic E-state index is 0.129. The predicted octanol–water partition coefficient (Wildman–Crippen LogP) is 2.08. The number of carbonyl (C=O) groups is 1. The van der Waals surface area contributed by atoms with Gasteiger partial charge in [-0.1, -0.05) is 24.3 Å². The Morgan fingerprint density at radius 3 is 2.69 bits per heavy atom. The Balaban J connectivity index is 1.39. The van der Waals surface area contributed by atoms with Crippen molar-refractivity contribution in [1.29, 1.82) is 0 Å². The number of benzene rings is 2. The third-order valence-electron chi connectivity index (χ3n) is 6.31. The van der Waals surface area contributed by atoms with Crippen LogP contribution in [0.25, 0.3) is 0 Å². The number of nitrogens with one attached hydrogen (secondary N) is 1. The Morgan fingerprint density at radius 1 is 1.10 bits per heavy atom. The van der Waals surface area contributed by atoms with Crippen molar-refractivity contribution in [2.24, 2.45) is 5.92 Å². The van der Waals surface area contributed by atoms with Crippen LogP contribution in [0.2, 0.25) is 0 Å². The van der Waals surface area contributed by atoms with E-state index >= 15 is 0 Å². The molecule has 1 saturated heterocycles. The molecule has 0 aromatic heterocycles. The molecule has 1 amide bonds. The second-order valence-corrected chi connectivity index (χ2v) is 8.19. The summed E-state index contributed by atoms with van der Waals surface area (Å²) in [5.74, 6) is 1.98. The van der Waals surface area contributed by atoms with Crippen LogP contribution in [0.5, 0.6) is 11.5 Å². The first-order valence-corrected chi connectivity index (χ1v) is 10.6. The molecule has 29 heavy (non-hydrogen) atoms. The van der Waals surface area contributed by atoms with Crippen molar-refractivity contribution in [2.45, 2.75) is 32.4 Å². The van der Waals surface area contributed by atoms with Gasteiger partial charge in [-0.15, -0.1) is 0 Å². The molecule has 2 aromatic rings. The summed E-state index contributed by atoms with van der Waals surface area (Å²) in [5, 5.41) is 0. The number of piperidine rings is 1. The van der Waals surface area contributed by atoms with Crippen molar-refractivity contribution in [1.82, 2.24) is 4.90 Å². The first-order valence-electron chi connectivity index (χ1n) is 10.6. The average Bonchev–Trinajstić information content (AvgIpc) is 2.78. The fraction of sp³-hybridized carbons (Fsp3) is 0.458. The Hall–Kier alpha value is -2.53. The number of hydrogen-bond acceptors (Lipinski definition) is 3. The maximum atomic E-state index is 13.2. The second-order valence-electron chi connectivity index (χ2n) is 8.19. The highest BCUT2D eigenvalue weighted by molar-refractivity contribution is 5.79. The molecule has 0 spiro atoms. The molecule has 2 aromatic carbocycles. The van der Waals surface area contributed by atoms with Crippen LogP contribution < -0.4 is 14.4 Å². The third-order valence-corrected chi connectivity index (χ3v) is 6.31. The number of rotatable bonds is 5. The topological polar surface area (TPSA) is 43.2 Å². The third kappa shape index (κ3) is 4.40. The molecule has 4 rings (SSSR count). The van der Waals surface area contributed by atoms with Crippen LogP contribution in [-0.2, 0) is 24.3 Å². The fourth-order valence-corrected chi connectivity index (χ4v) is 4.74. The van der Waals surface area contributed by atoms with Gasteiger partial charge < -0.3 is 19.3 Å². The van der Waals surface area contributed by atoms with Gasteiger partial charge in [0.05, 0.1) is 33.2 Å². The van der Waals surface area contributed by atoms with Crippen molar-refractivity contribution in [3.05, 3.63) is 59.2 Å². The molecular weight excluding hydrogens is 364 g/mol. The summed E-state index contributed by atoms with van der Waals surface area (Å²) in [5.41, 5.74) is 3.91. The van der Waals surface area contributed by atoms with Gasteiger partial charge in [0.15, 0.2) is 11.5 Å². The number of fused-ring (bicyclic) bond motifs is 1. The normalized spacial score (nSPS) is 21.4. The second kappa shape index (κ2) is 8.87. The largest absolute Gasteiger partial charge is 0.493 e. The molecule has 2 aliphatic rings. The van der Waals surface area contributed by atoms with Crippen molar-refractivity contribution >= 4 is 5.91 Å². The number of hydrogen-bond donors (Lipinski definition) is 1. The van der Waals surface area contributed by atoms with Crippen LogP contribution in [0.1, 0.15) is 29.5 Å². The van der Waals surface area contributed by atoms with Crippen molar-refractivity contribution in [2.75, 3.05) is 33.9 Å². The van der Waals surface area contributed by atoms with E-state index in [2.05, 4.69) is 41.3 Å². The van der Waals surface area contributed by atoms with Crippen LogP contribution in [0.15, 0.2) is 42.5 Å². The summed E-state index contributed by atoms with van der Waals surface area (Å²) >= 11 is 0. The summed E-state index contributed by atoms with van der Waals surface area (Å²) in [6.07, 6.45) is 3.08. The van der Waals surface area contributed by atoms with Gasteiger partial charge >= 0.3 is 0 Å². The van der Waals surface area contributed by atoms with Crippen LogP contribution in [0, 0.1) is 5.92 Å². The van der Waals surface area contributed by atoms with Crippen LogP contribution in [0.4, 0.5) is 0 Å². The van der Waals surface area contributed by atoms with Crippen molar-refractivity contribution in [3.63, 3.8) is 0 Å². The molecule has 1 fully saturated rings. The monoisotopic (exact) mass is 395 g/mol. The summed E-state index contributed by atoms with van der Waals surface area (Å²) in [4.78, 5) is 16.8. The van der Waals surface area contributed by atoms with E-state index in [4.69, 9.17) is 9.47 Å². The zero-order valence-corrected chi connectivity index (χ0v) is 17.4. The average molecular weight is 396 g/mol. The highest BCUT2D eigenvalue weighted by Crippen LogP contribution is 2.27. The molecule has 0 aliphatic carbocycles. The van der Waals surface area contributed by atoms with E-state index in [0.29, 0.717) is 5.91 Å². The highest BCUT2D eigenvalue weighted by Gasteiger charge is 2.33. The molecule has 1 N–H and O–H groups in total. The van der Waals surface area contributed by atoms with E-state index < -0.39 is 0 Å². The van der Waals surface area contributed by atoms with Crippen molar-refractivity contribution in [3.8, 4) is 11.5 Å². The lowest BCUT2D eigenvalue weighted by molar-refractivity contribution is -0.921. The first-order chi connectivity index (χ1) is 14.2. The first kappa shape index (κ1) is 19.8. The number of likely N-dealkylation sites (tertiary alicyclic amines) is 1. The molecule has 0 radical (unpaired) electrons. The fourth-order valence-electron chi connectivity index (χ4n) is 4.74. The van der Waals surface area contributed by atoms with Gasteiger partial charge in [-0.05, 0) is 48.6 Å². The van der Waals surface area contributed by atoms with Gasteiger partial charge in [0.25, 0.3) is 0 Å². The molecule has 2 aliphatic heterocycles. The van der Waals surface area contributed by atoms with Gasteiger partial charge in [-0.2, -0.15) is 0 Å². The molecule has 0 bridgehead atoms. The number of ether oxygens (including phenoxy) is 2. The zero-order valence-electron chi connectivity index (χ0n) is 17.4. The van der Waals surface area contributed by atoms with Crippen LogP contribution in [-0.4, -0.2) is 44.7 Å². The molecule has 1 unspecified atom stereocenters. The Bertz CT molecular complexity index is 867. The van der Waals surface area contributed by atoms with E-state index in [-0.39, 0.29) is 5.92 Å². The number of quaternary nitrogens is 1. The maximum Gasteiger partial charge on any atom is 0.231 e. The van der Waals surface area contributed by atoms with Gasteiger partial charge in [-0.3, -0.25) is 4.79 Å². The lowest BCUT2D eigenvalue weighted by Crippen LogP contribution is -3.12. The molecule has 5 heteroatoms. The Labute approximate surface area is 173 Å². The lowest BCUT2D eigenvalue weighted by Gasteiger charge is -2.35. The Kier molecular flexibility index (Phi) is 6.05. The number of nitrogens with zero attached hydrogens (tertiary/aromatic N) is 1. The molecule has 0 saturated carbocycles. The molecule has 5 nitrogen and oxygen atoms in total. The lowest BCUT2D eigenvalue weighted by atomic mass is 9.93. The number of carbonyl (C=O) groups excluding carboxylic acids is 1.